The lowest BCUT2D eigenvalue weighted by molar-refractivity contribution is -0.00260. The van der Waals surface area contributed by atoms with Crippen LogP contribution in [0.2, 0.25) is 0 Å². The predicted octanol–water partition coefficient (Wildman–Crippen LogP) is 3.21. The van der Waals surface area contributed by atoms with Gasteiger partial charge in [-0.15, -0.1) is 0 Å². The number of nitrogens with zero attached hydrogens (tertiary/aromatic N) is 1. The normalized spacial score (nSPS) is 19.3. The summed E-state index contributed by atoms with van der Waals surface area (Å²) < 4.78 is 32.9. The summed E-state index contributed by atoms with van der Waals surface area (Å²) >= 11 is 0. The Balaban J connectivity index is 1.74. The van der Waals surface area contributed by atoms with Crippen LogP contribution in [-0.4, -0.2) is 32.4 Å². The summed E-state index contributed by atoms with van der Waals surface area (Å²) in [6.45, 7) is 5.21. The molecule has 128 valence electrons. The van der Waals surface area contributed by atoms with Gasteiger partial charge in [-0.2, -0.15) is 4.31 Å². The molecule has 1 aliphatic heterocycles. The first-order valence-corrected chi connectivity index (χ1v) is 9.76. The number of ether oxygens (including phenoxy) is 1. The summed E-state index contributed by atoms with van der Waals surface area (Å²) in [6, 6.07) is 15.7. The van der Waals surface area contributed by atoms with Gasteiger partial charge in [0.15, 0.2) is 0 Å². The molecule has 0 aromatic heterocycles. The van der Waals surface area contributed by atoms with Gasteiger partial charge in [0.1, 0.15) is 0 Å². The molecule has 1 unspecified atom stereocenters. The summed E-state index contributed by atoms with van der Waals surface area (Å²) in [5.41, 5.74) is 4.10. The molecule has 0 amide bonds. The molecule has 0 aliphatic carbocycles. The topological polar surface area (TPSA) is 46.6 Å². The standard InChI is InChI=1S/C19H23NO3S/c1-15-6-8-18(9-7-15)19-13-20(10-11-23-19)24(21,22)14-17-5-3-4-16(2)12-17/h3-9,12,19H,10-11,13-14H2,1-2H3. The Bertz CT molecular complexity index is 800. The van der Waals surface area contributed by atoms with Crippen LogP contribution in [0.15, 0.2) is 48.5 Å². The Hall–Kier alpha value is -1.69. The van der Waals surface area contributed by atoms with Gasteiger partial charge < -0.3 is 4.74 Å². The highest BCUT2D eigenvalue weighted by Gasteiger charge is 2.30. The van der Waals surface area contributed by atoms with E-state index < -0.39 is 10.0 Å². The van der Waals surface area contributed by atoms with Gasteiger partial charge in [-0.3, -0.25) is 0 Å². The van der Waals surface area contributed by atoms with Crippen LogP contribution in [0.25, 0.3) is 0 Å². The molecule has 5 heteroatoms. The molecule has 2 aromatic carbocycles. The molecule has 1 atom stereocenters. The second-order valence-electron chi connectivity index (χ2n) is 6.37. The van der Waals surface area contributed by atoms with Crippen molar-refractivity contribution in [2.75, 3.05) is 19.7 Å². The molecule has 0 spiro atoms. The minimum Gasteiger partial charge on any atom is -0.371 e. The highest BCUT2D eigenvalue weighted by atomic mass is 32.2. The van der Waals surface area contributed by atoms with Crippen LogP contribution in [0.3, 0.4) is 0 Å². The van der Waals surface area contributed by atoms with Gasteiger partial charge in [-0.25, -0.2) is 8.42 Å². The van der Waals surface area contributed by atoms with Crippen molar-refractivity contribution in [3.63, 3.8) is 0 Å². The smallest absolute Gasteiger partial charge is 0.218 e. The van der Waals surface area contributed by atoms with Crippen LogP contribution in [0.4, 0.5) is 0 Å². The Morgan fingerprint density at radius 3 is 2.54 bits per heavy atom. The third-order valence-electron chi connectivity index (χ3n) is 4.30. The molecule has 3 rings (SSSR count). The van der Waals surface area contributed by atoms with Crippen LogP contribution in [-0.2, 0) is 20.5 Å². The van der Waals surface area contributed by atoms with Gasteiger partial charge in [0.25, 0.3) is 0 Å². The largest absolute Gasteiger partial charge is 0.371 e. The Morgan fingerprint density at radius 2 is 1.83 bits per heavy atom. The molecule has 1 heterocycles. The van der Waals surface area contributed by atoms with Crippen molar-refractivity contribution in [3.05, 3.63) is 70.8 Å². The number of sulfonamides is 1. The van der Waals surface area contributed by atoms with Crippen molar-refractivity contribution in [1.82, 2.24) is 4.31 Å². The lowest BCUT2D eigenvalue weighted by Gasteiger charge is -2.32. The molecule has 0 N–H and O–H groups in total. The summed E-state index contributed by atoms with van der Waals surface area (Å²) in [7, 11) is -3.35. The second kappa shape index (κ2) is 7.05. The molecule has 1 aliphatic rings. The molecule has 1 fully saturated rings. The van der Waals surface area contributed by atoms with Gasteiger partial charge >= 0.3 is 0 Å². The average Bonchev–Trinajstić information content (AvgIpc) is 2.55. The van der Waals surface area contributed by atoms with E-state index in [-0.39, 0.29) is 11.9 Å². The molecule has 1 saturated heterocycles. The fourth-order valence-electron chi connectivity index (χ4n) is 2.96. The fraction of sp³-hybridized carbons (Fsp3) is 0.368. The molecule has 0 saturated carbocycles. The van der Waals surface area contributed by atoms with Crippen molar-refractivity contribution in [1.29, 1.82) is 0 Å². The molecule has 0 bridgehead atoms. The van der Waals surface area contributed by atoms with E-state index in [1.165, 1.54) is 5.56 Å². The average molecular weight is 345 g/mol. The summed E-state index contributed by atoms with van der Waals surface area (Å²) in [6.07, 6.45) is -0.202. The van der Waals surface area contributed by atoms with E-state index in [4.69, 9.17) is 4.74 Å². The van der Waals surface area contributed by atoms with E-state index in [2.05, 4.69) is 0 Å². The minimum atomic E-state index is -3.35. The third kappa shape index (κ3) is 4.04. The molecular formula is C19H23NO3S. The number of hydrogen-bond donors (Lipinski definition) is 0. The highest BCUT2D eigenvalue weighted by Crippen LogP contribution is 2.25. The monoisotopic (exact) mass is 345 g/mol. The maximum Gasteiger partial charge on any atom is 0.218 e. The van der Waals surface area contributed by atoms with Crippen LogP contribution in [0.1, 0.15) is 28.4 Å². The predicted molar refractivity (Wildman–Crippen MR) is 95.2 cm³/mol. The van der Waals surface area contributed by atoms with Gasteiger partial charge in [0, 0.05) is 13.1 Å². The lowest BCUT2D eigenvalue weighted by atomic mass is 10.1. The first-order chi connectivity index (χ1) is 11.4. The second-order valence-corrected chi connectivity index (χ2v) is 8.34. The summed E-state index contributed by atoms with van der Waals surface area (Å²) in [5, 5.41) is 0. The van der Waals surface area contributed by atoms with Crippen LogP contribution in [0.5, 0.6) is 0 Å². The van der Waals surface area contributed by atoms with Gasteiger partial charge in [-0.05, 0) is 25.0 Å². The van der Waals surface area contributed by atoms with E-state index in [1.807, 2.05) is 62.4 Å². The van der Waals surface area contributed by atoms with E-state index in [0.717, 1.165) is 16.7 Å². The maximum absolute atomic E-state index is 12.8. The quantitative estimate of drug-likeness (QED) is 0.855. The number of morpholine rings is 1. The van der Waals surface area contributed by atoms with Crippen LogP contribution in [0, 0.1) is 13.8 Å². The zero-order valence-corrected chi connectivity index (χ0v) is 14.9. The molecule has 0 radical (unpaired) electrons. The minimum absolute atomic E-state index is 0.0370. The Labute approximate surface area is 144 Å². The number of rotatable bonds is 4. The first-order valence-electron chi connectivity index (χ1n) is 8.15. The molecule has 4 nitrogen and oxygen atoms in total. The van der Waals surface area contributed by atoms with Crippen molar-refractivity contribution < 1.29 is 13.2 Å². The van der Waals surface area contributed by atoms with Crippen molar-refractivity contribution in [2.45, 2.75) is 25.7 Å². The first kappa shape index (κ1) is 17.1. The summed E-state index contributed by atoms with van der Waals surface area (Å²) in [5.74, 6) is 0.0370. The van der Waals surface area contributed by atoms with Crippen molar-refractivity contribution in [2.24, 2.45) is 0 Å². The molecule has 2 aromatic rings. The van der Waals surface area contributed by atoms with Crippen LogP contribution >= 0.6 is 0 Å². The summed E-state index contributed by atoms with van der Waals surface area (Å²) in [4.78, 5) is 0. The van der Waals surface area contributed by atoms with E-state index >= 15 is 0 Å². The van der Waals surface area contributed by atoms with Crippen molar-refractivity contribution in [3.8, 4) is 0 Å². The maximum atomic E-state index is 12.8. The number of hydrogen-bond acceptors (Lipinski definition) is 3. The zero-order valence-electron chi connectivity index (χ0n) is 14.1. The zero-order chi connectivity index (χ0) is 17.2. The number of aryl methyl sites for hydroxylation is 2. The molecule has 24 heavy (non-hydrogen) atoms. The van der Waals surface area contributed by atoms with Gasteiger partial charge in [0.2, 0.25) is 10.0 Å². The Morgan fingerprint density at radius 1 is 1.08 bits per heavy atom. The lowest BCUT2D eigenvalue weighted by Crippen LogP contribution is -2.42. The van der Waals surface area contributed by atoms with E-state index in [9.17, 15) is 8.42 Å². The van der Waals surface area contributed by atoms with E-state index in [0.29, 0.717) is 19.7 Å². The number of benzene rings is 2. The third-order valence-corrected chi connectivity index (χ3v) is 6.12. The van der Waals surface area contributed by atoms with Gasteiger partial charge in [-0.1, -0.05) is 59.7 Å². The Kier molecular flexibility index (Phi) is 5.04. The van der Waals surface area contributed by atoms with E-state index in [1.54, 1.807) is 4.31 Å². The SMILES string of the molecule is Cc1ccc(C2CN(S(=O)(=O)Cc3cccc(C)c3)CCO2)cc1. The highest BCUT2D eigenvalue weighted by molar-refractivity contribution is 7.88. The van der Waals surface area contributed by atoms with Gasteiger partial charge in [0.05, 0.1) is 18.5 Å². The van der Waals surface area contributed by atoms with Crippen LogP contribution < -0.4 is 0 Å². The van der Waals surface area contributed by atoms with Crippen molar-refractivity contribution >= 4 is 10.0 Å². The molecular weight excluding hydrogens is 322 g/mol. The fourth-order valence-corrected chi connectivity index (χ4v) is 4.46.